The number of rotatable bonds is 2. The molecular weight excluding hydrogens is 219 g/mol. The van der Waals surface area contributed by atoms with Gasteiger partial charge in [-0.15, -0.1) is 0 Å². The van der Waals surface area contributed by atoms with E-state index in [1.807, 2.05) is 0 Å². The molecule has 1 aliphatic rings. The topological polar surface area (TPSA) is 26.3 Å². The average Bonchev–Trinajstić information content (AvgIpc) is 2.52. The summed E-state index contributed by atoms with van der Waals surface area (Å²) in [5.74, 6) is 0.218. The van der Waals surface area contributed by atoms with Crippen molar-refractivity contribution in [1.29, 1.82) is 0 Å². The molecule has 0 unspecified atom stereocenters. The molecule has 0 amide bonds. The minimum Gasteiger partial charge on any atom is -0.480 e. The van der Waals surface area contributed by atoms with Gasteiger partial charge in [0.25, 0.3) is 0 Å². The van der Waals surface area contributed by atoms with Crippen molar-refractivity contribution in [3.63, 3.8) is 0 Å². The van der Waals surface area contributed by atoms with E-state index >= 15 is 0 Å². The van der Waals surface area contributed by atoms with Gasteiger partial charge < -0.3 is 4.74 Å². The summed E-state index contributed by atoms with van der Waals surface area (Å²) >= 11 is 0. The highest BCUT2D eigenvalue weighted by Gasteiger charge is 2.33. The highest BCUT2D eigenvalue weighted by molar-refractivity contribution is 5.99. The third kappa shape index (κ3) is 2.61. The first kappa shape index (κ1) is 11.6. The summed E-state index contributed by atoms with van der Waals surface area (Å²) < 4.78 is 18.1. The number of hydrogen-bond donors (Lipinski definition) is 0. The molecule has 0 aromatic heterocycles. The summed E-state index contributed by atoms with van der Waals surface area (Å²) in [5, 5.41) is 0. The van der Waals surface area contributed by atoms with Crippen LogP contribution in [0.3, 0.4) is 0 Å². The van der Waals surface area contributed by atoms with Crippen LogP contribution in [-0.2, 0) is 9.53 Å². The second-order valence-corrected chi connectivity index (χ2v) is 4.41. The van der Waals surface area contributed by atoms with Gasteiger partial charge in [-0.1, -0.05) is 18.2 Å². The molecule has 0 atom stereocenters. The predicted molar refractivity (Wildman–Crippen MR) is 63.7 cm³/mol. The van der Waals surface area contributed by atoms with Crippen LogP contribution in [0.2, 0.25) is 0 Å². The molecule has 0 N–H and O–H groups in total. The summed E-state index contributed by atoms with van der Waals surface area (Å²) in [4.78, 5) is 11.5. The second-order valence-electron chi connectivity index (χ2n) is 4.41. The number of ether oxygens (including phenoxy) is 1. The zero-order valence-electron chi connectivity index (χ0n) is 9.74. The minimum atomic E-state index is -0.775. The van der Waals surface area contributed by atoms with Crippen molar-refractivity contribution in [3.8, 4) is 0 Å². The molecule has 3 heteroatoms. The summed E-state index contributed by atoms with van der Waals surface area (Å²) in [6.07, 6.45) is 4.96. The summed E-state index contributed by atoms with van der Waals surface area (Å²) in [5.41, 5.74) is 0.0794. The first-order chi connectivity index (χ1) is 7.97. The zero-order chi connectivity index (χ0) is 12.5. The van der Waals surface area contributed by atoms with Crippen molar-refractivity contribution in [2.75, 3.05) is 0 Å². The van der Waals surface area contributed by atoms with E-state index in [-0.39, 0.29) is 11.6 Å². The van der Waals surface area contributed by atoms with Crippen LogP contribution in [-0.4, -0.2) is 11.4 Å². The molecule has 0 spiro atoms. The van der Waals surface area contributed by atoms with Gasteiger partial charge >= 0.3 is 0 Å². The second kappa shape index (κ2) is 4.17. The van der Waals surface area contributed by atoms with Gasteiger partial charge in [0.1, 0.15) is 11.6 Å². The van der Waals surface area contributed by atoms with Crippen LogP contribution in [0.15, 0.2) is 42.2 Å². The van der Waals surface area contributed by atoms with Crippen molar-refractivity contribution < 1.29 is 13.9 Å². The van der Waals surface area contributed by atoms with E-state index in [0.29, 0.717) is 5.76 Å². The number of allylic oxidation sites excluding steroid dienone is 1. The fourth-order valence-electron chi connectivity index (χ4n) is 1.51. The summed E-state index contributed by atoms with van der Waals surface area (Å²) in [7, 11) is 0. The Hall–Kier alpha value is -1.90. The van der Waals surface area contributed by atoms with Crippen LogP contribution in [0.25, 0.3) is 6.08 Å². The third-order valence-corrected chi connectivity index (χ3v) is 2.55. The monoisotopic (exact) mass is 232 g/mol. The molecule has 1 aromatic rings. The molecule has 1 aliphatic heterocycles. The Morgan fingerprint density at radius 3 is 2.35 bits per heavy atom. The van der Waals surface area contributed by atoms with E-state index in [4.69, 9.17) is 4.74 Å². The van der Waals surface area contributed by atoms with Crippen LogP contribution in [0, 0.1) is 5.82 Å². The van der Waals surface area contributed by atoms with Crippen LogP contribution in [0.4, 0.5) is 4.39 Å². The Morgan fingerprint density at radius 1 is 1.18 bits per heavy atom. The quantitative estimate of drug-likeness (QED) is 0.783. The number of hydrogen-bond acceptors (Lipinski definition) is 2. The Kier molecular flexibility index (Phi) is 2.84. The number of ketones is 1. The average molecular weight is 232 g/mol. The first-order valence-electron chi connectivity index (χ1n) is 5.36. The maximum absolute atomic E-state index is 12.7. The van der Waals surface area contributed by atoms with Crippen molar-refractivity contribution in [2.24, 2.45) is 0 Å². The van der Waals surface area contributed by atoms with Crippen LogP contribution >= 0.6 is 0 Å². The van der Waals surface area contributed by atoms with Gasteiger partial charge in [-0.05, 0) is 37.6 Å². The molecule has 2 rings (SSSR count). The van der Waals surface area contributed by atoms with Gasteiger partial charge in [-0.2, -0.15) is 0 Å². The Labute approximate surface area is 99.4 Å². The molecule has 1 aromatic carbocycles. The molecule has 0 aliphatic carbocycles. The van der Waals surface area contributed by atoms with Crippen molar-refractivity contribution in [1.82, 2.24) is 0 Å². The van der Waals surface area contributed by atoms with E-state index in [1.165, 1.54) is 18.2 Å². The number of halogens is 1. The van der Waals surface area contributed by atoms with Crippen molar-refractivity contribution in [2.45, 2.75) is 19.4 Å². The fourth-order valence-corrected chi connectivity index (χ4v) is 1.51. The highest BCUT2D eigenvalue weighted by atomic mass is 19.1. The van der Waals surface area contributed by atoms with Gasteiger partial charge in [0.2, 0.25) is 5.78 Å². The molecule has 2 nitrogen and oxygen atoms in total. The van der Waals surface area contributed by atoms with E-state index in [2.05, 4.69) is 0 Å². The zero-order valence-corrected chi connectivity index (χ0v) is 9.74. The van der Waals surface area contributed by atoms with Gasteiger partial charge in [-0.3, -0.25) is 4.79 Å². The van der Waals surface area contributed by atoms with Gasteiger partial charge in [0, 0.05) is 6.08 Å². The standard InChI is InChI=1S/C14H13FO2/c1-14(2)13(16)9-12(17-14)8-5-10-3-6-11(15)7-4-10/h3-9H,1-2H3/b8-5+. The lowest BCUT2D eigenvalue weighted by Crippen LogP contribution is -2.27. The lowest BCUT2D eigenvalue weighted by molar-refractivity contribution is -0.126. The predicted octanol–water partition coefficient (Wildman–Crippen LogP) is 3.10. The van der Waals surface area contributed by atoms with Gasteiger partial charge in [-0.25, -0.2) is 4.39 Å². The summed E-state index contributed by atoms with van der Waals surface area (Å²) in [6, 6.07) is 6.10. The number of carbonyl (C=O) groups is 1. The fraction of sp³-hybridized carbons (Fsp3) is 0.214. The van der Waals surface area contributed by atoms with Crippen molar-refractivity contribution in [3.05, 3.63) is 53.6 Å². The molecule has 0 bridgehead atoms. The van der Waals surface area contributed by atoms with E-state index < -0.39 is 5.60 Å². The molecule has 17 heavy (non-hydrogen) atoms. The van der Waals surface area contributed by atoms with Crippen LogP contribution in [0.1, 0.15) is 19.4 Å². The molecule has 0 radical (unpaired) electrons. The molecular formula is C14H13FO2. The lowest BCUT2D eigenvalue weighted by Gasteiger charge is -2.16. The first-order valence-corrected chi connectivity index (χ1v) is 5.36. The number of benzene rings is 1. The maximum Gasteiger partial charge on any atom is 0.202 e. The Bertz CT molecular complexity index is 495. The number of carbonyl (C=O) groups excluding carboxylic acids is 1. The van der Waals surface area contributed by atoms with E-state index in [9.17, 15) is 9.18 Å². The largest absolute Gasteiger partial charge is 0.480 e. The summed E-state index contributed by atoms with van der Waals surface area (Å²) in [6.45, 7) is 3.45. The van der Waals surface area contributed by atoms with E-state index in [1.54, 1.807) is 38.1 Å². The lowest BCUT2D eigenvalue weighted by atomic mass is 10.1. The molecule has 0 fully saturated rings. The molecule has 0 saturated carbocycles. The Balaban J connectivity index is 2.10. The molecule has 0 saturated heterocycles. The van der Waals surface area contributed by atoms with Crippen LogP contribution in [0.5, 0.6) is 0 Å². The SMILES string of the molecule is CC1(C)OC(/C=C/c2ccc(F)cc2)=CC1=O. The minimum absolute atomic E-state index is 0.0451. The molecule has 88 valence electrons. The smallest absolute Gasteiger partial charge is 0.202 e. The normalized spacial score (nSPS) is 18.3. The van der Waals surface area contributed by atoms with Crippen molar-refractivity contribution >= 4 is 11.9 Å². The van der Waals surface area contributed by atoms with Gasteiger partial charge in [0.05, 0.1) is 0 Å². The van der Waals surface area contributed by atoms with Gasteiger partial charge in [0.15, 0.2) is 5.60 Å². The maximum atomic E-state index is 12.7. The van der Waals surface area contributed by atoms with E-state index in [0.717, 1.165) is 5.56 Å². The molecule has 1 heterocycles. The van der Waals surface area contributed by atoms with Crippen LogP contribution < -0.4 is 0 Å². The third-order valence-electron chi connectivity index (χ3n) is 2.55. The Morgan fingerprint density at radius 2 is 1.82 bits per heavy atom. The highest BCUT2D eigenvalue weighted by Crippen LogP contribution is 2.25.